The van der Waals surface area contributed by atoms with Gasteiger partial charge in [-0.2, -0.15) is 0 Å². The summed E-state index contributed by atoms with van der Waals surface area (Å²) in [6.45, 7) is 1.78. The largest absolute Gasteiger partial charge is 0.324 e. The third-order valence-electron chi connectivity index (χ3n) is 5.64. The Bertz CT molecular complexity index is 1560. The predicted octanol–water partition coefficient (Wildman–Crippen LogP) is 7.52. The summed E-state index contributed by atoms with van der Waals surface area (Å²) in [6, 6.07) is 29.7. The van der Waals surface area contributed by atoms with E-state index in [1.807, 2.05) is 6.07 Å². The van der Waals surface area contributed by atoms with E-state index in [1.165, 1.54) is 17.8 Å². The number of carbonyl (C=O) groups is 3. The Morgan fingerprint density at radius 3 is 2.17 bits per heavy atom. The number of para-hydroxylation sites is 1. The zero-order valence-corrected chi connectivity index (χ0v) is 23.7. The molecule has 0 saturated heterocycles. The van der Waals surface area contributed by atoms with Crippen LogP contribution in [0.1, 0.15) is 22.8 Å². The molecule has 0 heterocycles. The lowest BCUT2D eigenvalue weighted by molar-refractivity contribution is -0.115. The summed E-state index contributed by atoms with van der Waals surface area (Å²) in [5.74, 6) is -1.17. The molecule has 1 atom stereocenters. The second kappa shape index (κ2) is 13.8. The van der Waals surface area contributed by atoms with E-state index in [4.69, 9.17) is 23.2 Å². The standard InChI is InChI=1S/C31H25Cl2N3O3S/c1-20(29(37)35-27-17-8-7-16-26(27)33)40-24-14-9-13-23(19-24)34-31(39)28(18-22-12-5-6-15-25(22)32)36-30(38)21-10-3-2-4-11-21/h2-20H,1H3,(H,34,39)(H,35,37)(H,36,38)/b28-18+. The highest BCUT2D eigenvalue weighted by Crippen LogP contribution is 2.28. The van der Waals surface area contributed by atoms with Crippen LogP contribution in [0.2, 0.25) is 10.0 Å². The van der Waals surface area contributed by atoms with Crippen LogP contribution in [0.5, 0.6) is 0 Å². The maximum atomic E-state index is 13.4. The molecular weight excluding hydrogens is 565 g/mol. The van der Waals surface area contributed by atoms with E-state index in [1.54, 1.807) is 104 Å². The SMILES string of the molecule is CC(Sc1cccc(NC(=O)/C(=C\c2ccccc2Cl)NC(=O)c2ccccc2)c1)C(=O)Nc1ccccc1Cl. The van der Waals surface area contributed by atoms with Crippen molar-refractivity contribution in [2.45, 2.75) is 17.1 Å². The minimum Gasteiger partial charge on any atom is -0.324 e. The summed E-state index contributed by atoms with van der Waals surface area (Å²) < 4.78 is 0. The fourth-order valence-corrected chi connectivity index (χ4v) is 4.89. The van der Waals surface area contributed by atoms with Gasteiger partial charge in [0.25, 0.3) is 11.8 Å². The lowest BCUT2D eigenvalue weighted by Gasteiger charge is -2.14. The van der Waals surface area contributed by atoms with Crippen LogP contribution in [-0.2, 0) is 9.59 Å². The van der Waals surface area contributed by atoms with E-state index in [-0.39, 0.29) is 11.6 Å². The molecule has 4 rings (SSSR count). The van der Waals surface area contributed by atoms with Gasteiger partial charge in [0.2, 0.25) is 5.91 Å². The van der Waals surface area contributed by atoms with Crippen molar-refractivity contribution in [2.75, 3.05) is 10.6 Å². The quantitative estimate of drug-likeness (QED) is 0.139. The predicted molar refractivity (Wildman–Crippen MR) is 164 cm³/mol. The van der Waals surface area contributed by atoms with Gasteiger partial charge in [-0.15, -0.1) is 11.8 Å². The summed E-state index contributed by atoms with van der Waals surface area (Å²) in [4.78, 5) is 39.7. The van der Waals surface area contributed by atoms with Crippen molar-refractivity contribution in [2.24, 2.45) is 0 Å². The van der Waals surface area contributed by atoms with Crippen molar-refractivity contribution in [3.05, 3.63) is 130 Å². The highest BCUT2D eigenvalue weighted by Gasteiger charge is 2.18. The van der Waals surface area contributed by atoms with Gasteiger partial charge in [0.15, 0.2) is 0 Å². The van der Waals surface area contributed by atoms with Gasteiger partial charge < -0.3 is 16.0 Å². The molecule has 40 heavy (non-hydrogen) atoms. The third kappa shape index (κ3) is 7.99. The molecule has 1 unspecified atom stereocenters. The van der Waals surface area contributed by atoms with Gasteiger partial charge >= 0.3 is 0 Å². The molecule has 0 bridgehead atoms. The molecule has 0 saturated carbocycles. The molecule has 0 aliphatic carbocycles. The highest BCUT2D eigenvalue weighted by atomic mass is 35.5. The lowest BCUT2D eigenvalue weighted by atomic mass is 10.1. The average Bonchev–Trinajstić information content (AvgIpc) is 2.95. The van der Waals surface area contributed by atoms with Crippen LogP contribution in [0.15, 0.2) is 114 Å². The van der Waals surface area contributed by atoms with Crippen LogP contribution in [0.4, 0.5) is 11.4 Å². The molecule has 0 spiro atoms. The summed E-state index contributed by atoms with van der Waals surface area (Å²) in [6.07, 6.45) is 1.53. The van der Waals surface area contributed by atoms with Gasteiger partial charge in [0.1, 0.15) is 5.70 Å². The van der Waals surface area contributed by atoms with Crippen molar-refractivity contribution in [3.63, 3.8) is 0 Å². The number of amides is 3. The first-order valence-corrected chi connectivity index (χ1v) is 13.9. The Hall–Kier alpha value is -4.04. The average molecular weight is 591 g/mol. The molecule has 4 aromatic carbocycles. The molecule has 3 amide bonds. The Labute approximate surface area is 246 Å². The molecule has 3 N–H and O–H groups in total. The fourth-order valence-electron chi connectivity index (χ4n) is 3.59. The normalized spacial score (nSPS) is 11.8. The summed E-state index contributed by atoms with van der Waals surface area (Å²) in [7, 11) is 0. The first-order valence-electron chi connectivity index (χ1n) is 12.3. The van der Waals surface area contributed by atoms with E-state index in [0.29, 0.717) is 32.5 Å². The number of hydrogen-bond donors (Lipinski definition) is 3. The van der Waals surface area contributed by atoms with Crippen LogP contribution in [-0.4, -0.2) is 23.0 Å². The smallest absolute Gasteiger partial charge is 0.272 e. The molecule has 9 heteroatoms. The zero-order chi connectivity index (χ0) is 28.5. The maximum absolute atomic E-state index is 13.4. The molecule has 0 aliphatic rings. The Morgan fingerprint density at radius 2 is 1.45 bits per heavy atom. The Morgan fingerprint density at radius 1 is 0.775 bits per heavy atom. The summed E-state index contributed by atoms with van der Waals surface area (Å²) in [5, 5.41) is 8.81. The summed E-state index contributed by atoms with van der Waals surface area (Å²) in [5.41, 5.74) is 2.03. The number of carbonyl (C=O) groups excluding carboxylic acids is 3. The van der Waals surface area contributed by atoms with E-state index < -0.39 is 17.1 Å². The van der Waals surface area contributed by atoms with Crippen LogP contribution < -0.4 is 16.0 Å². The topological polar surface area (TPSA) is 87.3 Å². The van der Waals surface area contributed by atoms with E-state index in [9.17, 15) is 14.4 Å². The van der Waals surface area contributed by atoms with Crippen LogP contribution in [0.3, 0.4) is 0 Å². The molecular formula is C31H25Cl2N3O3S. The van der Waals surface area contributed by atoms with E-state index in [0.717, 1.165) is 4.90 Å². The van der Waals surface area contributed by atoms with Crippen molar-refractivity contribution in [1.29, 1.82) is 0 Å². The fraction of sp³-hybridized carbons (Fsp3) is 0.0645. The van der Waals surface area contributed by atoms with Crippen LogP contribution in [0.25, 0.3) is 6.08 Å². The van der Waals surface area contributed by atoms with Crippen molar-refractivity contribution >= 4 is 70.1 Å². The Kier molecular flexibility index (Phi) is 10.0. The molecule has 202 valence electrons. The Balaban J connectivity index is 1.49. The molecule has 4 aromatic rings. The molecule has 0 aromatic heterocycles. The third-order valence-corrected chi connectivity index (χ3v) is 7.41. The van der Waals surface area contributed by atoms with Crippen LogP contribution in [0, 0.1) is 0 Å². The van der Waals surface area contributed by atoms with Crippen molar-refractivity contribution in [3.8, 4) is 0 Å². The van der Waals surface area contributed by atoms with Gasteiger partial charge in [-0.1, -0.05) is 77.8 Å². The number of hydrogen-bond acceptors (Lipinski definition) is 4. The van der Waals surface area contributed by atoms with Gasteiger partial charge in [0.05, 0.1) is 16.0 Å². The molecule has 0 fully saturated rings. The van der Waals surface area contributed by atoms with E-state index >= 15 is 0 Å². The van der Waals surface area contributed by atoms with Gasteiger partial charge in [-0.25, -0.2) is 0 Å². The van der Waals surface area contributed by atoms with Crippen molar-refractivity contribution in [1.82, 2.24) is 5.32 Å². The zero-order valence-electron chi connectivity index (χ0n) is 21.4. The van der Waals surface area contributed by atoms with Gasteiger partial charge in [-0.3, -0.25) is 14.4 Å². The molecule has 0 aliphatic heterocycles. The number of nitrogens with one attached hydrogen (secondary N) is 3. The van der Waals surface area contributed by atoms with Crippen LogP contribution >= 0.6 is 35.0 Å². The number of anilines is 2. The van der Waals surface area contributed by atoms with Gasteiger partial charge in [0, 0.05) is 21.2 Å². The van der Waals surface area contributed by atoms with Gasteiger partial charge in [-0.05, 0) is 67.1 Å². The number of thioether (sulfide) groups is 1. The maximum Gasteiger partial charge on any atom is 0.272 e. The molecule has 0 radical (unpaired) electrons. The second-order valence-electron chi connectivity index (χ2n) is 8.61. The lowest BCUT2D eigenvalue weighted by Crippen LogP contribution is -2.30. The monoisotopic (exact) mass is 589 g/mol. The highest BCUT2D eigenvalue weighted by molar-refractivity contribution is 8.00. The number of halogens is 2. The number of benzene rings is 4. The second-order valence-corrected chi connectivity index (χ2v) is 10.8. The summed E-state index contributed by atoms with van der Waals surface area (Å²) >= 11 is 13.8. The first-order chi connectivity index (χ1) is 19.3. The van der Waals surface area contributed by atoms with Crippen molar-refractivity contribution < 1.29 is 14.4 Å². The molecule has 6 nitrogen and oxygen atoms in total. The van der Waals surface area contributed by atoms with E-state index in [2.05, 4.69) is 16.0 Å². The number of rotatable bonds is 9. The minimum atomic E-state index is -0.532. The first kappa shape index (κ1) is 29.0. The minimum absolute atomic E-state index is 0.0208.